The van der Waals surface area contributed by atoms with Crippen molar-refractivity contribution in [2.45, 2.75) is 72.4 Å². The van der Waals surface area contributed by atoms with Crippen LogP contribution < -0.4 is 15.5 Å². The molecule has 44 heavy (non-hydrogen) atoms. The third kappa shape index (κ3) is 5.31. The van der Waals surface area contributed by atoms with E-state index in [0.717, 1.165) is 23.1 Å². The Morgan fingerprint density at radius 2 is 1.95 bits per heavy atom. The largest absolute Gasteiger partial charge is 0.444 e. The average molecular weight is 622 g/mol. The van der Waals surface area contributed by atoms with Gasteiger partial charge in [-0.1, -0.05) is 20.8 Å². The lowest BCUT2D eigenvalue weighted by Gasteiger charge is -2.20. The fourth-order valence-corrected chi connectivity index (χ4v) is 6.97. The molecule has 1 aromatic carbocycles. The van der Waals surface area contributed by atoms with Gasteiger partial charge >= 0.3 is 6.09 Å². The van der Waals surface area contributed by atoms with Gasteiger partial charge in [0.15, 0.2) is 11.6 Å². The van der Waals surface area contributed by atoms with Crippen molar-refractivity contribution < 1.29 is 23.0 Å². The molecular formula is C31H33F2N7O3S. The number of nitrogens with one attached hydrogen (secondary N) is 2. The van der Waals surface area contributed by atoms with E-state index in [9.17, 15) is 10.1 Å². The molecule has 2 aliphatic heterocycles. The number of amides is 1. The highest BCUT2D eigenvalue weighted by Gasteiger charge is 2.34. The maximum absolute atomic E-state index is 16.8. The molecule has 1 saturated heterocycles. The first kappa shape index (κ1) is 30.1. The number of aromatic nitrogens is 3. The molecule has 4 aromatic rings. The van der Waals surface area contributed by atoms with Crippen molar-refractivity contribution >= 4 is 49.4 Å². The smallest absolute Gasteiger partial charge is 0.412 e. The van der Waals surface area contributed by atoms with Gasteiger partial charge in [0.1, 0.15) is 22.2 Å². The van der Waals surface area contributed by atoms with Crippen LogP contribution in [0.5, 0.6) is 0 Å². The number of carbonyl (C=O) groups excluding carboxylic acids is 1. The molecule has 0 bridgehead atoms. The summed E-state index contributed by atoms with van der Waals surface area (Å²) >= 11 is 0.863. The van der Waals surface area contributed by atoms with Crippen LogP contribution in [0.1, 0.15) is 58.2 Å². The Morgan fingerprint density at radius 3 is 2.66 bits per heavy atom. The quantitative estimate of drug-likeness (QED) is 0.266. The Bertz CT molecular complexity index is 1850. The number of rotatable bonds is 5. The van der Waals surface area contributed by atoms with Crippen molar-refractivity contribution in [3.8, 4) is 17.3 Å². The van der Waals surface area contributed by atoms with E-state index in [2.05, 4.69) is 47.4 Å². The second-order valence-electron chi connectivity index (χ2n) is 12.6. The number of nitriles is 1. The Morgan fingerprint density at radius 1 is 1.20 bits per heavy atom. The number of benzene rings is 1. The van der Waals surface area contributed by atoms with Crippen molar-refractivity contribution in [2.75, 3.05) is 23.3 Å². The fraction of sp³-hybridized carbons (Fsp3) is 0.452. The number of hydrogen-bond acceptors (Lipinski definition) is 10. The molecule has 0 unspecified atom stereocenters. The summed E-state index contributed by atoms with van der Waals surface area (Å²) in [5.74, 6) is -0.604. The highest BCUT2D eigenvalue weighted by Crippen LogP contribution is 2.46. The number of pyridine rings is 1. The van der Waals surface area contributed by atoms with Crippen molar-refractivity contribution in [1.82, 2.24) is 20.3 Å². The van der Waals surface area contributed by atoms with Gasteiger partial charge in [0, 0.05) is 47.7 Å². The molecule has 0 saturated carbocycles. The summed E-state index contributed by atoms with van der Waals surface area (Å²) in [4.78, 5) is 28.2. The van der Waals surface area contributed by atoms with E-state index in [0.29, 0.717) is 41.9 Å². The average Bonchev–Trinajstić information content (AvgIpc) is 3.66. The molecule has 2 aliphatic rings. The molecule has 6 rings (SSSR count). The van der Waals surface area contributed by atoms with E-state index in [-0.39, 0.29) is 56.7 Å². The van der Waals surface area contributed by atoms with E-state index in [1.54, 1.807) is 27.0 Å². The van der Waals surface area contributed by atoms with Gasteiger partial charge in [-0.2, -0.15) is 5.26 Å². The number of hydrogen-bond donors (Lipinski definition) is 2. The first-order valence-electron chi connectivity index (χ1n) is 14.5. The Labute approximate surface area is 257 Å². The maximum atomic E-state index is 16.8. The van der Waals surface area contributed by atoms with E-state index in [1.807, 2.05) is 4.90 Å². The normalized spacial score (nSPS) is 18.3. The van der Waals surface area contributed by atoms with E-state index >= 15 is 8.78 Å². The summed E-state index contributed by atoms with van der Waals surface area (Å²) in [6.45, 7) is 13.2. The zero-order valence-corrected chi connectivity index (χ0v) is 26.2. The van der Waals surface area contributed by atoms with Gasteiger partial charge in [0.05, 0.1) is 35.4 Å². The maximum Gasteiger partial charge on any atom is 0.412 e. The lowest BCUT2D eigenvalue weighted by atomic mass is 9.94. The third-order valence-corrected chi connectivity index (χ3v) is 8.88. The lowest BCUT2D eigenvalue weighted by molar-refractivity contribution is 0.0636. The molecule has 0 aliphatic carbocycles. The monoisotopic (exact) mass is 621 g/mol. The summed E-state index contributed by atoms with van der Waals surface area (Å²) in [6.07, 6.45) is 1.83. The Balaban J connectivity index is 1.50. The summed E-state index contributed by atoms with van der Waals surface area (Å²) in [5.41, 5.74) is 0.692. The third-order valence-electron chi connectivity index (χ3n) is 7.76. The van der Waals surface area contributed by atoms with E-state index < -0.39 is 23.3 Å². The van der Waals surface area contributed by atoms with Gasteiger partial charge in [-0.25, -0.2) is 23.5 Å². The fourth-order valence-electron chi connectivity index (χ4n) is 5.93. The number of nitrogens with zero attached hydrogens (tertiary/aromatic N) is 5. The number of halogens is 2. The predicted octanol–water partition coefficient (Wildman–Crippen LogP) is 6.26. The first-order chi connectivity index (χ1) is 20.9. The van der Waals surface area contributed by atoms with Crippen LogP contribution in [0.3, 0.4) is 0 Å². The van der Waals surface area contributed by atoms with Gasteiger partial charge in [-0.05, 0) is 37.8 Å². The highest BCUT2D eigenvalue weighted by molar-refractivity contribution is 7.23. The zero-order valence-electron chi connectivity index (χ0n) is 25.3. The zero-order chi connectivity index (χ0) is 31.5. The number of carbonyl (C=O) groups is 1. The topological polar surface area (TPSA) is 125 Å². The minimum Gasteiger partial charge on any atom is -0.444 e. The predicted molar refractivity (Wildman–Crippen MR) is 165 cm³/mol. The Kier molecular flexibility index (Phi) is 7.63. The second kappa shape index (κ2) is 11.2. The molecule has 3 aromatic heterocycles. The number of anilines is 2. The van der Waals surface area contributed by atoms with Gasteiger partial charge in [-0.3, -0.25) is 10.3 Å². The molecule has 0 spiro atoms. The van der Waals surface area contributed by atoms with E-state index in [1.165, 1.54) is 0 Å². The molecule has 1 amide bonds. The van der Waals surface area contributed by atoms with Crippen LogP contribution in [0.2, 0.25) is 0 Å². The molecule has 10 nitrogen and oxygen atoms in total. The lowest BCUT2D eigenvalue weighted by Crippen LogP contribution is -2.39. The second-order valence-corrected chi connectivity index (χ2v) is 13.6. The highest BCUT2D eigenvalue weighted by atomic mass is 32.1. The first-order valence-corrected chi connectivity index (χ1v) is 15.3. The van der Waals surface area contributed by atoms with E-state index in [4.69, 9.17) is 14.5 Å². The van der Waals surface area contributed by atoms with Gasteiger partial charge in [-0.15, -0.1) is 11.3 Å². The molecule has 2 atom stereocenters. The molecule has 13 heteroatoms. The van der Waals surface area contributed by atoms with Crippen LogP contribution in [-0.2, 0) is 22.7 Å². The summed E-state index contributed by atoms with van der Waals surface area (Å²) in [5, 5.41) is 17.0. The molecule has 5 heterocycles. The van der Waals surface area contributed by atoms with Crippen molar-refractivity contribution in [1.29, 1.82) is 5.26 Å². The van der Waals surface area contributed by atoms with Gasteiger partial charge in [0.25, 0.3) is 0 Å². The number of ether oxygens (including phenoxy) is 2. The summed E-state index contributed by atoms with van der Waals surface area (Å²) < 4.78 is 43.1. The molecule has 0 radical (unpaired) electrons. The SMILES string of the molecule is CC(C)N[C@@H]1CN(c2ncc3c4c(c(-c5ncc(F)c6sc(NC(=O)OC(C)(C)C)c(C#N)c56)c(F)c3n2)COC4)C[C@@H]1C. The minimum absolute atomic E-state index is 0.0388. The minimum atomic E-state index is -0.798. The summed E-state index contributed by atoms with van der Waals surface area (Å²) in [7, 11) is 0. The van der Waals surface area contributed by atoms with Crippen LogP contribution >= 0.6 is 11.3 Å². The van der Waals surface area contributed by atoms with Crippen LogP contribution in [-0.4, -0.2) is 51.8 Å². The van der Waals surface area contributed by atoms with Crippen LogP contribution in [0.15, 0.2) is 12.4 Å². The Hall–Kier alpha value is -3.99. The van der Waals surface area contributed by atoms with Crippen LogP contribution in [0, 0.1) is 28.9 Å². The van der Waals surface area contributed by atoms with Crippen molar-refractivity contribution in [2.24, 2.45) is 5.92 Å². The number of thiophene rings is 1. The van der Waals surface area contributed by atoms with Gasteiger partial charge in [0.2, 0.25) is 5.95 Å². The molecule has 1 fully saturated rings. The van der Waals surface area contributed by atoms with Crippen molar-refractivity contribution in [3.05, 3.63) is 40.7 Å². The van der Waals surface area contributed by atoms with Gasteiger partial charge < -0.3 is 19.7 Å². The van der Waals surface area contributed by atoms with Crippen molar-refractivity contribution in [3.63, 3.8) is 0 Å². The standard InChI is InChI=1S/C31H33F2N7O3S/c1-14(2)37-21-11-40(10-15(21)3)29-36-8-17-18-12-42-13-19(18)22(24(33)25(17)38-29)26-23-16(7-34)28(39-30(41)43-31(4,5)6)44-27(23)20(32)9-35-26/h8-9,14-15,21,37H,10-13H2,1-6H3,(H,39,41)/t15-,21+/m0/s1. The molecule has 2 N–H and O–H groups in total. The summed E-state index contributed by atoms with van der Waals surface area (Å²) in [6, 6.07) is 2.62. The van der Waals surface area contributed by atoms with Crippen LogP contribution in [0.4, 0.5) is 24.5 Å². The van der Waals surface area contributed by atoms with Crippen LogP contribution in [0.25, 0.3) is 32.2 Å². The molecular weight excluding hydrogens is 588 g/mol. The molecule has 230 valence electrons. The number of fused-ring (bicyclic) bond motifs is 4.